The number of nitrogen functional groups attached to an aromatic ring is 1. The van der Waals surface area contributed by atoms with Gasteiger partial charge < -0.3 is 10.6 Å². The fourth-order valence-electron chi connectivity index (χ4n) is 1.68. The van der Waals surface area contributed by atoms with E-state index >= 15 is 0 Å². The topological polar surface area (TPSA) is 46.3 Å². The van der Waals surface area contributed by atoms with Gasteiger partial charge >= 0.3 is 18.0 Å². The summed E-state index contributed by atoms with van der Waals surface area (Å²) >= 11 is 0. The molecule has 1 aromatic carbocycles. The number of nitrogens with zero attached hydrogens (tertiary/aromatic N) is 1. The number of hydrogen-bond donors (Lipinski definition) is 1. The van der Waals surface area contributed by atoms with Gasteiger partial charge in [-0.3, -0.25) is 4.79 Å². The van der Waals surface area contributed by atoms with E-state index < -0.39 is 24.0 Å². The summed E-state index contributed by atoms with van der Waals surface area (Å²) in [6, 6.07) is 5.14. The second-order valence-electron chi connectivity index (χ2n) is 4.84. The van der Waals surface area contributed by atoms with E-state index in [0.717, 1.165) is 0 Å². The van der Waals surface area contributed by atoms with Crippen molar-refractivity contribution in [3.63, 3.8) is 0 Å². The van der Waals surface area contributed by atoms with Crippen LogP contribution in [-0.4, -0.2) is 28.9 Å². The molecule has 0 heterocycles. The average molecular weight is 310 g/mol. The van der Waals surface area contributed by atoms with Gasteiger partial charge in [-0.2, -0.15) is 22.0 Å². The second-order valence-corrected chi connectivity index (χ2v) is 4.84. The molecule has 0 saturated heterocycles. The van der Waals surface area contributed by atoms with Crippen molar-refractivity contribution in [2.24, 2.45) is 0 Å². The molecular formula is C13H15F5N2O. The Morgan fingerprint density at radius 2 is 1.81 bits per heavy atom. The molecule has 0 aromatic heterocycles. The van der Waals surface area contributed by atoms with E-state index in [0.29, 0.717) is 16.2 Å². The van der Waals surface area contributed by atoms with Crippen LogP contribution < -0.4 is 5.73 Å². The lowest BCUT2D eigenvalue weighted by Crippen LogP contribution is -2.53. The van der Waals surface area contributed by atoms with Crippen molar-refractivity contribution in [3.05, 3.63) is 29.8 Å². The Bertz CT molecular complexity index is 514. The Morgan fingerprint density at radius 3 is 2.24 bits per heavy atom. The maximum atomic E-state index is 13.2. The number of amides is 1. The molecule has 0 aliphatic rings. The van der Waals surface area contributed by atoms with E-state index in [9.17, 15) is 26.7 Å². The van der Waals surface area contributed by atoms with Crippen molar-refractivity contribution in [1.29, 1.82) is 0 Å². The molecule has 0 aliphatic heterocycles. The van der Waals surface area contributed by atoms with Crippen LogP contribution in [0.5, 0.6) is 0 Å². The Balaban J connectivity index is 3.05. The maximum Gasteiger partial charge on any atom is 0.463 e. The molecule has 0 bridgehead atoms. The molecule has 118 valence electrons. The Morgan fingerprint density at radius 1 is 1.24 bits per heavy atom. The van der Waals surface area contributed by atoms with Gasteiger partial charge in [0.15, 0.2) is 0 Å². The quantitative estimate of drug-likeness (QED) is 0.686. The van der Waals surface area contributed by atoms with Gasteiger partial charge in [0, 0.05) is 18.3 Å². The van der Waals surface area contributed by atoms with Gasteiger partial charge in [0.1, 0.15) is 0 Å². The fourth-order valence-corrected chi connectivity index (χ4v) is 1.68. The molecule has 0 saturated carbocycles. The number of halogens is 5. The van der Waals surface area contributed by atoms with Crippen LogP contribution in [0.2, 0.25) is 0 Å². The first kappa shape index (κ1) is 17.2. The van der Waals surface area contributed by atoms with E-state index in [2.05, 4.69) is 0 Å². The molecule has 0 radical (unpaired) electrons. The molecule has 2 N–H and O–H groups in total. The van der Waals surface area contributed by atoms with Gasteiger partial charge in [-0.1, -0.05) is 12.1 Å². The highest BCUT2D eigenvalue weighted by molar-refractivity contribution is 5.84. The van der Waals surface area contributed by atoms with Crippen molar-refractivity contribution < 1.29 is 26.7 Å². The van der Waals surface area contributed by atoms with E-state index in [-0.39, 0.29) is 6.54 Å². The van der Waals surface area contributed by atoms with E-state index in [4.69, 9.17) is 5.73 Å². The third-order valence-electron chi connectivity index (χ3n) is 2.81. The summed E-state index contributed by atoms with van der Waals surface area (Å²) in [7, 11) is 0. The molecular weight excluding hydrogens is 295 g/mol. The van der Waals surface area contributed by atoms with Crippen LogP contribution in [0.1, 0.15) is 19.4 Å². The predicted molar refractivity (Wildman–Crippen MR) is 67.5 cm³/mol. The zero-order chi connectivity index (χ0) is 16.4. The Hall–Kier alpha value is -1.86. The van der Waals surface area contributed by atoms with Gasteiger partial charge in [-0.15, -0.1) is 0 Å². The first-order valence-electron chi connectivity index (χ1n) is 6.07. The highest BCUT2D eigenvalue weighted by atomic mass is 19.4. The molecule has 0 aliphatic carbocycles. The summed E-state index contributed by atoms with van der Waals surface area (Å²) in [5.74, 6) is -7.69. The lowest BCUT2D eigenvalue weighted by atomic mass is 10.1. The molecule has 3 nitrogen and oxygen atoms in total. The van der Waals surface area contributed by atoms with Gasteiger partial charge in [0.05, 0.1) is 0 Å². The molecule has 0 unspecified atom stereocenters. The van der Waals surface area contributed by atoms with E-state index in [1.54, 1.807) is 0 Å². The first-order chi connectivity index (χ1) is 9.46. The van der Waals surface area contributed by atoms with Gasteiger partial charge in [0.25, 0.3) is 0 Å². The summed E-state index contributed by atoms with van der Waals surface area (Å²) in [4.78, 5) is 12.0. The minimum absolute atomic E-state index is 0.325. The molecule has 1 aromatic rings. The molecule has 1 rings (SSSR count). The normalized spacial score (nSPS) is 12.6. The number of rotatable bonds is 4. The zero-order valence-corrected chi connectivity index (χ0v) is 11.4. The highest BCUT2D eigenvalue weighted by Crippen LogP contribution is 2.37. The van der Waals surface area contributed by atoms with Crippen LogP contribution >= 0.6 is 0 Å². The number of anilines is 1. The lowest BCUT2D eigenvalue weighted by Gasteiger charge is -2.31. The van der Waals surface area contributed by atoms with Gasteiger partial charge in [-0.05, 0) is 31.5 Å². The van der Waals surface area contributed by atoms with Crippen LogP contribution in [0.15, 0.2) is 24.3 Å². The van der Waals surface area contributed by atoms with Crippen molar-refractivity contribution in [2.75, 3.05) is 5.73 Å². The average Bonchev–Trinajstić information content (AvgIpc) is 2.33. The van der Waals surface area contributed by atoms with Crippen molar-refractivity contribution >= 4 is 11.6 Å². The van der Waals surface area contributed by atoms with E-state index in [1.165, 1.54) is 38.1 Å². The minimum Gasteiger partial charge on any atom is -0.399 e. The maximum absolute atomic E-state index is 13.2. The molecule has 8 heteroatoms. The van der Waals surface area contributed by atoms with E-state index in [1.807, 2.05) is 0 Å². The number of carbonyl (C=O) groups excluding carboxylic acids is 1. The predicted octanol–water partition coefficient (Wildman–Crippen LogP) is 3.20. The summed E-state index contributed by atoms with van der Waals surface area (Å²) < 4.78 is 63.2. The smallest absolute Gasteiger partial charge is 0.399 e. The Kier molecular flexibility index (Phi) is 4.80. The number of nitrogens with two attached hydrogens (primary N) is 1. The molecule has 1 amide bonds. The largest absolute Gasteiger partial charge is 0.463 e. The van der Waals surface area contributed by atoms with Crippen LogP contribution in [0, 0.1) is 0 Å². The molecule has 0 fully saturated rings. The van der Waals surface area contributed by atoms with Crippen LogP contribution in [0.3, 0.4) is 0 Å². The number of benzene rings is 1. The third kappa shape index (κ3) is 3.83. The van der Waals surface area contributed by atoms with Crippen LogP contribution in [0.4, 0.5) is 27.6 Å². The summed E-state index contributed by atoms with van der Waals surface area (Å²) in [6.07, 6.45) is -5.92. The fraction of sp³-hybridized carbons (Fsp3) is 0.462. The summed E-state index contributed by atoms with van der Waals surface area (Å²) in [5.41, 5.74) is 6.21. The minimum atomic E-state index is -5.92. The zero-order valence-electron chi connectivity index (χ0n) is 11.4. The van der Waals surface area contributed by atoms with Crippen LogP contribution in [-0.2, 0) is 11.3 Å². The summed E-state index contributed by atoms with van der Waals surface area (Å²) in [5, 5.41) is 0. The second kappa shape index (κ2) is 5.87. The monoisotopic (exact) mass is 310 g/mol. The SMILES string of the molecule is CC(C)N(Cc1cccc(N)c1)C(=O)C(F)(F)C(F)(F)F. The highest BCUT2D eigenvalue weighted by Gasteiger charge is 2.64. The molecule has 0 spiro atoms. The number of alkyl halides is 5. The molecule has 21 heavy (non-hydrogen) atoms. The van der Waals surface area contributed by atoms with Crippen molar-refractivity contribution in [2.45, 2.75) is 38.5 Å². The Labute approximate surface area is 118 Å². The van der Waals surface area contributed by atoms with Gasteiger partial charge in [-0.25, -0.2) is 0 Å². The summed E-state index contributed by atoms with van der Waals surface area (Å²) in [6.45, 7) is 2.33. The van der Waals surface area contributed by atoms with Gasteiger partial charge in [0.2, 0.25) is 0 Å². The van der Waals surface area contributed by atoms with Crippen molar-refractivity contribution in [1.82, 2.24) is 4.90 Å². The van der Waals surface area contributed by atoms with Crippen molar-refractivity contribution in [3.8, 4) is 0 Å². The standard InChI is InChI=1S/C13H15F5N2O/c1-8(2)20(7-9-4-3-5-10(19)6-9)11(21)12(14,15)13(16,17)18/h3-6,8H,7,19H2,1-2H3. The first-order valence-corrected chi connectivity index (χ1v) is 6.07. The number of carbonyl (C=O) groups is 1. The molecule has 0 atom stereocenters. The lowest BCUT2D eigenvalue weighted by molar-refractivity contribution is -0.275. The third-order valence-corrected chi connectivity index (χ3v) is 2.81. The van der Waals surface area contributed by atoms with Crippen LogP contribution in [0.25, 0.3) is 0 Å². The number of hydrogen-bond acceptors (Lipinski definition) is 2.